The van der Waals surface area contributed by atoms with Crippen LogP contribution >= 0.6 is 0 Å². The number of ether oxygens (including phenoxy) is 2. The van der Waals surface area contributed by atoms with E-state index >= 15 is 0 Å². The number of fused-ring (bicyclic) bond motifs is 1. The van der Waals surface area contributed by atoms with Gasteiger partial charge < -0.3 is 19.3 Å². The predicted octanol–water partition coefficient (Wildman–Crippen LogP) is 2.71. The molecule has 0 fully saturated rings. The van der Waals surface area contributed by atoms with Gasteiger partial charge in [0.2, 0.25) is 0 Å². The van der Waals surface area contributed by atoms with Gasteiger partial charge in [-0.1, -0.05) is 11.2 Å². The van der Waals surface area contributed by atoms with Gasteiger partial charge in [-0.15, -0.1) is 0 Å². The van der Waals surface area contributed by atoms with Crippen molar-refractivity contribution >= 4 is 5.91 Å². The predicted molar refractivity (Wildman–Crippen MR) is 100 cm³/mol. The molecule has 146 valence electrons. The van der Waals surface area contributed by atoms with E-state index in [9.17, 15) is 4.79 Å². The first kappa shape index (κ1) is 18.1. The monoisotopic (exact) mass is 382 g/mol. The molecule has 1 aliphatic rings. The fourth-order valence-corrected chi connectivity index (χ4v) is 3.32. The lowest BCUT2D eigenvalue weighted by Crippen LogP contribution is -2.23. The highest BCUT2D eigenvalue weighted by atomic mass is 16.5. The molecule has 1 aromatic carbocycles. The summed E-state index contributed by atoms with van der Waals surface area (Å²) in [5.74, 6) is 1.39. The number of nitrogens with one attached hydrogen (secondary N) is 2. The van der Waals surface area contributed by atoms with Gasteiger partial charge in [-0.25, -0.2) is 0 Å². The summed E-state index contributed by atoms with van der Waals surface area (Å²) in [6.07, 6.45) is 3.16. The van der Waals surface area contributed by atoms with Crippen LogP contribution in [0.4, 0.5) is 0 Å². The molecule has 2 heterocycles. The molecule has 0 saturated carbocycles. The Kier molecular flexibility index (Phi) is 5.01. The fraction of sp³-hybridized carbons (Fsp3) is 0.350. The molecule has 0 aliphatic heterocycles. The van der Waals surface area contributed by atoms with Gasteiger partial charge in [0.25, 0.3) is 5.91 Å². The van der Waals surface area contributed by atoms with Gasteiger partial charge in [-0.05, 0) is 49.4 Å². The quantitative estimate of drug-likeness (QED) is 0.651. The summed E-state index contributed by atoms with van der Waals surface area (Å²) >= 11 is 0. The number of carbonyl (C=O) groups excluding carboxylic acids is 1. The fourth-order valence-electron chi connectivity index (χ4n) is 3.32. The summed E-state index contributed by atoms with van der Waals surface area (Å²) in [5, 5.41) is 14.0. The minimum absolute atomic E-state index is 0.145. The van der Waals surface area contributed by atoms with Gasteiger partial charge >= 0.3 is 0 Å². The Morgan fingerprint density at radius 3 is 3.04 bits per heavy atom. The van der Waals surface area contributed by atoms with Crippen molar-refractivity contribution < 1.29 is 18.8 Å². The molecular weight excluding hydrogens is 360 g/mol. The van der Waals surface area contributed by atoms with Crippen molar-refractivity contribution in [2.75, 3.05) is 7.11 Å². The average Bonchev–Trinajstić information content (AvgIpc) is 3.42. The number of H-pyrrole nitrogens is 1. The van der Waals surface area contributed by atoms with Gasteiger partial charge in [-0.2, -0.15) is 5.10 Å². The van der Waals surface area contributed by atoms with Gasteiger partial charge in [0.15, 0.2) is 23.0 Å². The molecule has 0 saturated heterocycles. The number of hydrogen-bond donors (Lipinski definition) is 2. The topological polar surface area (TPSA) is 102 Å². The van der Waals surface area contributed by atoms with E-state index in [1.54, 1.807) is 13.2 Å². The molecule has 0 atom stereocenters. The minimum atomic E-state index is -0.308. The lowest BCUT2D eigenvalue weighted by molar-refractivity contribution is 0.0941. The molecule has 8 heteroatoms. The van der Waals surface area contributed by atoms with Crippen LogP contribution in [0.3, 0.4) is 0 Å². The highest BCUT2D eigenvalue weighted by Crippen LogP contribution is 2.28. The third kappa shape index (κ3) is 3.71. The molecule has 2 aromatic heterocycles. The first-order valence-corrected chi connectivity index (χ1v) is 9.20. The van der Waals surface area contributed by atoms with E-state index in [4.69, 9.17) is 14.0 Å². The lowest BCUT2D eigenvalue weighted by atomic mass is 10.2. The van der Waals surface area contributed by atoms with E-state index in [1.165, 1.54) is 11.3 Å². The van der Waals surface area contributed by atoms with E-state index in [1.807, 2.05) is 25.1 Å². The van der Waals surface area contributed by atoms with Crippen LogP contribution in [0.1, 0.15) is 45.2 Å². The van der Waals surface area contributed by atoms with Crippen LogP contribution in [0, 0.1) is 6.92 Å². The number of aromatic nitrogens is 3. The molecular formula is C20H22N4O4. The van der Waals surface area contributed by atoms with Crippen LogP contribution < -0.4 is 14.8 Å². The van der Waals surface area contributed by atoms with E-state index in [2.05, 4.69) is 20.7 Å². The summed E-state index contributed by atoms with van der Waals surface area (Å²) in [7, 11) is 1.59. The molecule has 1 amide bonds. The van der Waals surface area contributed by atoms with Crippen LogP contribution in [0.25, 0.3) is 0 Å². The molecule has 0 unspecified atom stereocenters. The Labute approximate surface area is 162 Å². The van der Waals surface area contributed by atoms with Gasteiger partial charge in [0.05, 0.1) is 19.3 Å². The number of benzene rings is 1. The Morgan fingerprint density at radius 2 is 2.18 bits per heavy atom. The van der Waals surface area contributed by atoms with Crippen LogP contribution in [0.2, 0.25) is 0 Å². The summed E-state index contributed by atoms with van der Waals surface area (Å²) in [6, 6.07) is 7.23. The highest BCUT2D eigenvalue weighted by molar-refractivity contribution is 5.92. The molecule has 3 aromatic rings. The smallest absolute Gasteiger partial charge is 0.273 e. The zero-order chi connectivity index (χ0) is 19.5. The maximum Gasteiger partial charge on any atom is 0.273 e. The molecule has 28 heavy (non-hydrogen) atoms. The van der Waals surface area contributed by atoms with E-state index in [-0.39, 0.29) is 18.2 Å². The largest absolute Gasteiger partial charge is 0.493 e. The van der Waals surface area contributed by atoms with Crippen molar-refractivity contribution in [3.8, 4) is 11.5 Å². The number of amides is 1. The Hall–Kier alpha value is -3.29. The summed E-state index contributed by atoms with van der Waals surface area (Å²) in [4.78, 5) is 12.3. The number of hydrogen-bond acceptors (Lipinski definition) is 6. The third-order valence-electron chi connectivity index (χ3n) is 4.79. The maximum absolute atomic E-state index is 12.3. The number of methoxy groups -OCH3 is 1. The van der Waals surface area contributed by atoms with Crippen molar-refractivity contribution in [1.82, 2.24) is 20.7 Å². The molecule has 2 N–H and O–H groups in total. The van der Waals surface area contributed by atoms with E-state index < -0.39 is 0 Å². The molecule has 0 radical (unpaired) electrons. The lowest BCUT2D eigenvalue weighted by Gasteiger charge is -2.09. The Morgan fingerprint density at radius 1 is 1.29 bits per heavy atom. The SMILES string of the molecule is COc1cc(C)ccc1OCc1cc(C(=O)NCc2n[nH]c3c2CCC3)no1. The number of carbonyl (C=O) groups is 1. The second-order valence-electron chi connectivity index (χ2n) is 6.79. The normalized spacial score (nSPS) is 12.6. The van der Waals surface area contributed by atoms with Crippen LogP contribution in [-0.4, -0.2) is 28.4 Å². The highest BCUT2D eigenvalue weighted by Gasteiger charge is 2.19. The van der Waals surface area contributed by atoms with Gasteiger partial charge in [0.1, 0.15) is 6.61 Å². The Balaban J connectivity index is 1.34. The molecule has 0 bridgehead atoms. The van der Waals surface area contributed by atoms with Crippen LogP contribution in [0.5, 0.6) is 11.5 Å². The van der Waals surface area contributed by atoms with E-state index in [0.717, 1.165) is 30.5 Å². The van der Waals surface area contributed by atoms with Crippen LogP contribution in [-0.2, 0) is 26.0 Å². The number of rotatable bonds is 7. The van der Waals surface area contributed by atoms with Crippen molar-refractivity contribution in [2.45, 2.75) is 39.3 Å². The van der Waals surface area contributed by atoms with Crippen molar-refractivity contribution in [2.24, 2.45) is 0 Å². The van der Waals surface area contributed by atoms with E-state index in [0.29, 0.717) is 23.8 Å². The molecule has 8 nitrogen and oxygen atoms in total. The van der Waals surface area contributed by atoms with Crippen LogP contribution in [0.15, 0.2) is 28.8 Å². The summed E-state index contributed by atoms with van der Waals surface area (Å²) < 4.78 is 16.3. The summed E-state index contributed by atoms with van der Waals surface area (Å²) in [5.41, 5.74) is 4.57. The second kappa shape index (κ2) is 7.75. The standard InChI is InChI=1S/C20H22N4O4/c1-12-6-7-18(19(8-12)26-2)27-11-13-9-16(24-28-13)20(25)21-10-17-14-4-3-5-15(14)22-23-17/h6-9H,3-5,10-11H2,1-2H3,(H,21,25)(H,22,23). The number of nitrogens with zero attached hydrogens (tertiary/aromatic N) is 2. The van der Waals surface area contributed by atoms with Crippen molar-refractivity contribution in [3.05, 3.63) is 58.2 Å². The number of aryl methyl sites for hydroxylation is 2. The summed E-state index contributed by atoms with van der Waals surface area (Å²) in [6.45, 7) is 2.49. The molecule has 1 aliphatic carbocycles. The molecule has 4 rings (SSSR count). The average molecular weight is 382 g/mol. The minimum Gasteiger partial charge on any atom is -0.493 e. The van der Waals surface area contributed by atoms with Gasteiger partial charge in [-0.3, -0.25) is 9.89 Å². The number of aromatic amines is 1. The zero-order valence-electron chi connectivity index (χ0n) is 15.9. The first-order chi connectivity index (χ1) is 13.6. The van der Waals surface area contributed by atoms with Crippen molar-refractivity contribution in [1.29, 1.82) is 0 Å². The van der Waals surface area contributed by atoms with Crippen molar-refractivity contribution in [3.63, 3.8) is 0 Å². The maximum atomic E-state index is 12.3. The zero-order valence-corrected chi connectivity index (χ0v) is 15.9. The first-order valence-electron chi connectivity index (χ1n) is 9.20. The second-order valence-corrected chi connectivity index (χ2v) is 6.79. The molecule has 0 spiro atoms. The Bertz CT molecular complexity index is 992. The van der Waals surface area contributed by atoms with Gasteiger partial charge in [0, 0.05) is 11.8 Å². The third-order valence-corrected chi connectivity index (χ3v) is 4.79.